The van der Waals surface area contributed by atoms with Gasteiger partial charge in [0, 0.05) is 6.04 Å². The van der Waals surface area contributed by atoms with Crippen LogP contribution in [0.5, 0.6) is 5.75 Å². The van der Waals surface area contributed by atoms with Gasteiger partial charge in [0.2, 0.25) is 0 Å². The van der Waals surface area contributed by atoms with Crippen LogP contribution in [-0.2, 0) is 4.74 Å². The first-order valence-corrected chi connectivity index (χ1v) is 7.74. The van der Waals surface area contributed by atoms with Crippen molar-refractivity contribution >= 4 is 28.0 Å². The summed E-state index contributed by atoms with van der Waals surface area (Å²) in [6, 6.07) is 0.276. The van der Waals surface area contributed by atoms with Crippen molar-refractivity contribution in [3.8, 4) is 5.75 Å². The van der Waals surface area contributed by atoms with Crippen molar-refractivity contribution < 1.29 is 14.3 Å². The number of hydrogen-bond donors (Lipinski definition) is 2. The molecule has 1 unspecified atom stereocenters. The van der Waals surface area contributed by atoms with E-state index < -0.39 is 5.97 Å². The average Bonchev–Trinajstić information content (AvgIpc) is 2.67. The van der Waals surface area contributed by atoms with E-state index in [0.29, 0.717) is 22.9 Å². The molecule has 114 valence electrons. The average molecular weight is 300 g/mol. The second kappa shape index (κ2) is 7.38. The Morgan fingerprint density at radius 2 is 2.00 bits per heavy atom. The van der Waals surface area contributed by atoms with E-state index in [4.69, 9.17) is 15.2 Å². The van der Waals surface area contributed by atoms with E-state index in [9.17, 15) is 4.79 Å². The van der Waals surface area contributed by atoms with Crippen LogP contribution in [0.15, 0.2) is 0 Å². The maximum absolute atomic E-state index is 11.9. The van der Waals surface area contributed by atoms with Crippen LogP contribution < -0.4 is 15.8 Å². The Morgan fingerprint density at radius 1 is 1.35 bits per heavy atom. The molecule has 1 atom stereocenters. The predicted molar refractivity (Wildman–Crippen MR) is 83.8 cm³/mol. The number of rotatable bonds is 7. The normalized spacial score (nSPS) is 12.3. The van der Waals surface area contributed by atoms with Crippen LogP contribution in [0, 0.1) is 0 Å². The third kappa shape index (κ3) is 4.03. The molecule has 0 aliphatic heterocycles. The lowest BCUT2D eigenvalue weighted by atomic mass is 10.2. The highest BCUT2D eigenvalue weighted by molar-refractivity contribution is 7.19. The third-order valence-corrected chi connectivity index (χ3v) is 3.80. The zero-order valence-electron chi connectivity index (χ0n) is 12.8. The predicted octanol–water partition coefficient (Wildman–Crippen LogP) is 3.50. The van der Waals surface area contributed by atoms with Gasteiger partial charge < -0.3 is 20.5 Å². The van der Waals surface area contributed by atoms with Crippen molar-refractivity contribution in [1.29, 1.82) is 0 Å². The van der Waals surface area contributed by atoms with Crippen LogP contribution in [0.25, 0.3) is 0 Å². The fourth-order valence-corrected chi connectivity index (χ4v) is 2.61. The summed E-state index contributed by atoms with van der Waals surface area (Å²) in [6.07, 6.45) is 0.952. The van der Waals surface area contributed by atoms with Gasteiger partial charge in [0.25, 0.3) is 0 Å². The Hall–Kier alpha value is -1.43. The highest BCUT2D eigenvalue weighted by Gasteiger charge is 2.24. The summed E-state index contributed by atoms with van der Waals surface area (Å²) in [5.41, 5.74) is 6.40. The van der Waals surface area contributed by atoms with Gasteiger partial charge in [-0.05, 0) is 34.1 Å². The number of carbonyl (C=O) groups excluding carboxylic acids is 1. The van der Waals surface area contributed by atoms with Gasteiger partial charge in [0.15, 0.2) is 5.75 Å². The lowest BCUT2D eigenvalue weighted by Gasteiger charge is -2.15. The van der Waals surface area contributed by atoms with Gasteiger partial charge in [-0.15, -0.1) is 11.3 Å². The molecule has 0 saturated carbocycles. The Balaban J connectivity index is 3.12. The SMILES string of the molecule is CCOC(=O)c1sc(NC(C)CC)c(OC(C)C)c1N. The van der Waals surface area contributed by atoms with Gasteiger partial charge >= 0.3 is 5.97 Å². The molecule has 0 spiro atoms. The summed E-state index contributed by atoms with van der Waals surface area (Å²) in [7, 11) is 0. The summed E-state index contributed by atoms with van der Waals surface area (Å²) >= 11 is 1.28. The number of thiophene rings is 1. The molecule has 0 radical (unpaired) electrons. The zero-order valence-corrected chi connectivity index (χ0v) is 13.6. The smallest absolute Gasteiger partial charge is 0.350 e. The van der Waals surface area contributed by atoms with E-state index in [0.717, 1.165) is 11.4 Å². The number of nitrogens with two attached hydrogens (primary N) is 1. The van der Waals surface area contributed by atoms with Crippen LogP contribution in [0.2, 0.25) is 0 Å². The number of carbonyl (C=O) groups is 1. The number of anilines is 2. The molecule has 20 heavy (non-hydrogen) atoms. The number of nitrogens with one attached hydrogen (secondary N) is 1. The van der Waals surface area contributed by atoms with E-state index in [1.165, 1.54) is 11.3 Å². The molecule has 0 fully saturated rings. The molecule has 1 aromatic heterocycles. The monoisotopic (exact) mass is 300 g/mol. The standard InChI is InChI=1S/C14H24N2O3S/c1-6-9(5)16-13-11(19-8(3)4)10(15)12(20-13)14(17)18-7-2/h8-9,16H,6-7,15H2,1-5H3. The van der Waals surface area contributed by atoms with E-state index in [1.54, 1.807) is 6.92 Å². The van der Waals surface area contributed by atoms with Gasteiger partial charge in [-0.3, -0.25) is 0 Å². The largest absolute Gasteiger partial charge is 0.486 e. The first kappa shape index (κ1) is 16.6. The summed E-state index contributed by atoms with van der Waals surface area (Å²) < 4.78 is 10.8. The molecule has 6 heteroatoms. The summed E-state index contributed by atoms with van der Waals surface area (Å²) in [4.78, 5) is 12.3. The third-order valence-electron chi connectivity index (χ3n) is 2.70. The van der Waals surface area contributed by atoms with Crippen LogP contribution in [0.1, 0.15) is 50.7 Å². The Labute approximate surface area is 124 Å². The lowest BCUT2D eigenvalue weighted by molar-refractivity contribution is 0.0533. The minimum atomic E-state index is -0.402. The summed E-state index contributed by atoms with van der Waals surface area (Å²) in [5.74, 6) is 0.147. The summed E-state index contributed by atoms with van der Waals surface area (Å²) in [6.45, 7) is 10.1. The molecule has 1 aromatic rings. The van der Waals surface area contributed by atoms with Crippen molar-refractivity contribution in [2.45, 2.75) is 53.2 Å². The molecule has 1 rings (SSSR count). The van der Waals surface area contributed by atoms with E-state index in [1.807, 2.05) is 13.8 Å². The molecule has 1 heterocycles. The Bertz CT molecular complexity index is 458. The Morgan fingerprint density at radius 3 is 2.50 bits per heavy atom. The van der Waals surface area contributed by atoms with Gasteiger partial charge in [-0.25, -0.2) is 4.79 Å². The zero-order chi connectivity index (χ0) is 15.3. The van der Waals surface area contributed by atoms with Gasteiger partial charge in [0.05, 0.1) is 12.7 Å². The maximum Gasteiger partial charge on any atom is 0.350 e. The van der Waals surface area contributed by atoms with Crippen LogP contribution in [-0.4, -0.2) is 24.7 Å². The van der Waals surface area contributed by atoms with Crippen molar-refractivity contribution in [2.24, 2.45) is 0 Å². The molecular formula is C14H24N2O3S. The van der Waals surface area contributed by atoms with Crippen LogP contribution >= 0.6 is 11.3 Å². The molecule has 0 aliphatic rings. The van der Waals surface area contributed by atoms with Gasteiger partial charge in [-0.1, -0.05) is 6.92 Å². The highest BCUT2D eigenvalue weighted by Crippen LogP contribution is 2.44. The van der Waals surface area contributed by atoms with Gasteiger partial charge in [0.1, 0.15) is 15.6 Å². The van der Waals surface area contributed by atoms with E-state index >= 15 is 0 Å². The number of esters is 1. The Kier molecular flexibility index (Phi) is 6.13. The fraction of sp³-hybridized carbons (Fsp3) is 0.643. The lowest BCUT2D eigenvalue weighted by Crippen LogP contribution is -2.14. The molecule has 5 nitrogen and oxygen atoms in total. The minimum absolute atomic E-state index is 0.0144. The van der Waals surface area contributed by atoms with Crippen molar-refractivity contribution in [3.05, 3.63) is 4.88 Å². The van der Waals surface area contributed by atoms with Crippen molar-refractivity contribution in [1.82, 2.24) is 0 Å². The first-order chi connectivity index (χ1) is 9.40. The van der Waals surface area contributed by atoms with Crippen molar-refractivity contribution in [2.75, 3.05) is 17.7 Å². The molecule has 0 amide bonds. The minimum Gasteiger partial charge on any atom is -0.486 e. The van der Waals surface area contributed by atoms with Crippen LogP contribution in [0.3, 0.4) is 0 Å². The molecular weight excluding hydrogens is 276 g/mol. The molecule has 3 N–H and O–H groups in total. The second-order valence-electron chi connectivity index (χ2n) is 4.84. The molecule has 0 aromatic carbocycles. The van der Waals surface area contributed by atoms with E-state index in [-0.39, 0.29) is 12.1 Å². The molecule has 0 aliphatic carbocycles. The second-order valence-corrected chi connectivity index (χ2v) is 5.86. The quantitative estimate of drug-likeness (QED) is 0.754. The van der Waals surface area contributed by atoms with E-state index in [2.05, 4.69) is 19.2 Å². The highest BCUT2D eigenvalue weighted by atomic mass is 32.1. The first-order valence-electron chi connectivity index (χ1n) is 6.93. The van der Waals surface area contributed by atoms with Gasteiger partial charge in [-0.2, -0.15) is 0 Å². The number of nitrogen functional groups attached to an aromatic ring is 1. The molecule has 0 saturated heterocycles. The molecule has 0 bridgehead atoms. The fourth-order valence-electron chi connectivity index (χ4n) is 1.55. The topological polar surface area (TPSA) is 73.6 Å². The number of ether oxygens (including phenoxy) is 2. The maximum atomic E-state index is 11.9. The van der Waals surface area contributed by atoms with Crippen molar-refractivity contribution in [3.63, 3.8) is 0 Å². The van der Waals surface area contributed by atoms with Crippen LogP contribution in [0.4, 0.5) is 10.7 Å². The summed E-state index contributed by atoms with van der Waals surface area (Å²) in [5, 5.41) is 4.12. The number of hydrogen-bond acceptors (Lipinski definition) is 6.